The third kappa shape index (κ3) is 15.8. The van der Waals surface area contributed by atoms with Crippen molar-refractivity contribution in [1.29, 1.82) is 0 Å². The number of hydrogen-bond donors (Lipinski definition) is 0. The average Bonchev–Trinajstić information content (AvgIpc) is 2.47. The third-order valence-corrected chi connectivity index (χ3v) is 4.61. The summed E-state index contributed by atoms with van der Waals surface area (Å²) in [5, 5.41) is -5.48. The summed E-state index contributed by atoms with van der Waals surface area (Å²) in [5.74, 6) is 0. The number of halogens is 4. The Hall–Kier alpha value is -0.410. The predicted molar refractivity (Wildman–Crippen MR) is 95.4 cm³/mol. The van der Waals surface area contributed by atoms with Gasteiger partial charge in [-0.15, -0.1) is 0 Å². The van der Waals surface area contributed by atoms with Crippen LogP contribution in [0, 0.1) is 0 Å². The maximum atomic E-state index is 11.4. The van der Waals surface area contributed by atoms with Gasteiger partial charge < -0.3 is 9.04 Å². The summed E-state index contributed by atoms with van der Waals surface area (Å²) < 4.78 is 73.8. The molecule has 0 rings (SSSR count). The first kappa shape index (κ1) is 27.8. The Bertz CT molecular complexity index is 438. The van der Waals surface area contributed by atoms with Crippen LogP contribution in [-0.2, 0) is 10.1 Å². The van der Waals surface area contributed by atoms with Crippen LogP contribution in [0.4, 0.5) is 17.6 Å². The Labute approximate surface area is 156 Å². The van der Waals surface area contributed by atoms with Gasteiger partial charge in [0.25, 0.3) is 0 Å². The Kier molecular flexibility index (Phi) is 14.7. The van der Waals surface area contributed by atoms with Crippen LogP contribution < -0.4 is 0 Å². The van der Waals surface area contributed by atoms with Gasteiger partial charge in [0.05, 0.1) is 27.7 Å². The molecule has 9 heteroatoms. The van der Waals surface area contributed by atoms with Gasteiger partial charge in [-0.25, -0.2) is 17.2 Å². The van der Waals surface area contributed by atoms with Crippen molar-refractivity contribution in [2.75, 3.05) is 27.7 Å². The van der Waals surface area contributed by atoms with Crippen molar-refractivity contribution >= 4 is 10.1 Å². The van der Waals surface area contributed by atoms with E-state index in [0.29, 0.717) is 0 Å². The van der Waals surface area contributed by atoms with Gasteiger partial charge in [0, 0.05) is 0 Å². The minimum absolute atomic E-state index is 1.12. The summed E-state index contributed by atoms with van der Waals surface area (Å²) in [6, 6.07) is 0. The summed E-state index contributed by atoms with van der Waals surface area (Å²) in [7, 11) is 0.621. The summed E-state index contributed by atoms with van der Waals surface area (Å²) in [4.78, 5) is 0. The lowest BCUT2D eigenvalue weighted by Gasteiger charge is -2.23. The zero-order chi connectivity index (χ0) is 20.9. The molecule has 0 aromatic carbocycles. The van der Waals surface area contributed by atoms with Crippen LogP contribution in [-0.4, -0.2) is 56.8 Å². The molecule has 0 bridgehead atoms. The van der Waals surface area contributed by atoms with Gasteiger partial charge in [0.2, 0.25) is 0 Å². The van der Waals surface area contributed by atoms with Gasteiger partial charge in [0.1, 0.15) is 0 Å². The average molecular weight is 410 g/mol. The lowest BCUT2D eigenvalue weighted by atomic mass is 10.1. The van der Waals surface area contributed by atoms with Crippen LogP contribution in [0.3, 0.4) is 0 Å². The van der Waals surface area contributed by atoms with Crippen molar-refractivity contribution in [3.05, 3.63) is 0 Å². The minimum atomic E-state index is -6.23. The molecular weight excluding hydrogens is 374 g/mol. The molecule has 0 aliphatic rings. The first-order chi connectivity index (χ1) is 11.8. The molecule has 0 aromatic heterocycles. The molecule has 0 aliphatic heterocycles. The minimum Gasteiger partial charge on any atom is -0.743 e. The number of unbranched alkanes of at least 4 members (excludes halogenated alkanes) is 9. The van der Waals surface area contributed by atoms with Gasteiger partial charge in [-0.3, -0.25) is 0 Å². The normalized spacial score (nSPS) is 12.8. The molecule has 0 amide bonds. The Morgan fingerprint density at radius 2 is 1.19 bits per heavy atom. The van der Waals surface area contributed by atoms with E-state index in [0.717, 1.165) is 4.48 Å². The van der Waals surface area contributed by atoms with Crippen LogP contribution in [0.15, 0.2) is 0 Å². The van der Waals surface area contributed by atoms with Crippen molar-refractivity contribution in [2.24, 2.45) is 0 Å². The smallest absolute Gasteiger partial charge is 0.393 e. The quantitative estimate of drug-likeness (QED) is 0.186. The molecule has 4 nitrogen and oxygen atoms in total. The topological polar surface area (TPSA) is 57.2 Å². The lowest BCUT2D eigenvalue weighted by Crippen LogP contribution is -2.36. The molecule has 160 valence electrons. The van der Waals surface area contributed by atoms with Crippen molar-refractivity contribution in [3.8, 4) is 0 Å². The fourth-order valence-electron chi connectivity index (χ4n) is 2.18. The highest BCUT2D eigenvalue weighted by Gasteiger charge is 2.48. The Balaban J connectivity index is 0. The highest BCUT2D eigenvalue weighted by molar-refractivity contribution is 7.86. The van der Waals surface area contributed by atoms with Crippen LogP contribution >= 0.6 is 0 Å². The van der Waals surface area contributed by atoms with Crippen LogP contribution in [0.5, 0.6) is 0 Å². The lowest BCUT2D eigenvalue weighted by molar-refractivity contribution is -0.870. The maximum absolute atomic E-state index is 11.4. The molecule has 0 aromatic rings. The number of alkyl halides is 4. The van der Waals surface area contributed by atoms with Crippen LogP contribution in [0.2, 0.25) is 0 Å². The van der Waals surface area contributed by atoms with E-state index in [1.807, 2.05) is 0 Å². The highest BCUT2D eigenvalue weighted by atomic mass is 32.2. The summed E-state index contributed by atoms with van der Waals surface area (Å²) in [5.41, 5.74) is 0. The molecular formula is C17H35F4NO3S. The van der Waals surface area contributed by atoms with E-state index in [1.54, 1.807) is 0 Å². The Morgan fingerprint density at radius 3 is 1.42 bits per heavy atom. The van der Waals surface area contributed by atoms with E-state index < -0.39 is 21.8 Å². The molecule has 0 spiro atoms. The van der Waals surface area contributed by atoms with Crippen LogP contribution in [0.1, 0.15) is 71.1 Å². The molecule has 26 heavy (non-hydrogen) atoms. The third-order valence-electron chi connectivity index (χ3n) is 3.77. The van der Waals surface area contributed by atoms with E-state index in [9.17, 15) is 30.5 Å². The fourth-order valence-corrected chi connectivity index (χ4v) is 2.40. The molecule has 0 saturated carbocycles. The summed E-state index contributed by atoms with van der Waals surface area (Å²) in [6.07, 6.45) is 9.93. The number of quaternary nitrogens is 1. The standard InChI is InChI=1S/C15H34N.C2H2F4O3S/c1-5-6-7-8-9-10-11-12-13-14-15-16(2,3)4;3-1(4)2(5,6)10(7,8)9/h5-15H2,1-4H3;1H,(H,7,8,9)/q+1;/p-1. The van der Waals surface area contributed by atoms with Gasteiger partial charge in [-0.2, -0.15) is 8.78 Å². The maximum Gasteiger partial charge on any atom is 0.393 e. The second-order valence-electron chi connectivity index (χ2n) is 7.51. The molecule has 0 radical (unpaired) electrons. The largest absolute Gasteiger partial charge is 0.743 e. The van der Waals surface area contributed by atoms with E-state index in [4.69, 9.17) is 0 Å². The first-order valence-electron chi connectivity index (χ1n) is 9.17. The van der Waals surface area contributed by atoms with Crippen molar-refractivity contribution in [1.82, 2.24) is 0 Å². The number of nitrogens with zero attached hydrogens (tertiary/aromatic N) is 1. The van der Waals surface area contributed by atoms with Crippen molar-refractivity contribution in [2.45, 2.75) is 82.8 Å². The van der Waals surface area contributed by atoms with Crippen LogP contribution in [0.25, 0.3) is 0 Å². The number of rotatable bonds is 13. The van der Waals surface area contributed by atoms with E-state index in [2.05, 4.69) is 28.1 Å². The predicted octanol–water partition coefficient (Wildman–Crippen LogP) is 5.00. The molecule has 0 N–H and O–H groups in total. The SMILES string of the molecule is CCCCCCCCCCCC[N+](C)(C)C.O=S(=O)([O-])C(F)(F)C(F)F. The van der Waals surface area contributed by atoms with E-state index in [-0.39, 0.29) is 0 Å². The fraction of sp³-hybridized carbons (Fsp3) is 1.00. The van der Waals surface area contributed by atoms with Crippen molar-refractivity contribution in [3.63, 3.8) is 0 Å². The first-order valence-corrected chi connectivity index (χ1v) is 10.6. The van der Waals surface area contributed by atoms with Gasteiger partial charge in [-0.05, 0) is 12.8 Å². The molecule has 0 fully saturated rings. The Morgan fingerprint density at radius 1 is 0.846 bits per heavy atom. The van der Waals surface area contributed by atoms with Gasteiger partial charge >= 0.3 is 11.7 Å². The highest BCUT2D eigenvalue weighted by Crippen LogP contribution is 2.27. The molecule has 0 aliphatic carbocycles. The zero-order valence-electron chi connectivity index (χ0n) is 16.4. The zero-order valence-corrected chi connectivity index (χ0v) is 17.3. The number of hydrogen-bond acceptors (Lipinski definition) is 3. The second kappa shape index (κ2) is 13.7. The second-order valence-corrected chi connectivity index (χ2v) is 8.97. The molecule has 0 heterocycles. The molecule has 0 atom stereocenters. The van der Waals surface area contributed by atoms with Gasteiger partial charge in [0.15, 0.2) is 10.1 Å². The monoisotopic (exact) mass is 409 g/mol. The summed E-state index contributed by atoms with van der Waals surface area (Å²) in [6.45, 7) is 3.62. The summed E-state index contributed by atoms with van der Waals surface area (Å²) >= 11 is 0. The van der Waals surface area contributed by atoms with E-state index >= 15 is 0 Å². The van der Waals surface area contributed by atoms with E-state index in [1.165, 1.54) is 70.8 Å². The van der Waals surface area contributed by atoms with Gasteiger partial charge in [-0.1, -0.05) is 58.3 Å². The molecule has 0 saturated heterocycles. The van der Waals surface area contributed by atoms with Crippen molar-refractivity contribution < 1.29 is 35.0 Å². The molecule has 0 unspecified atom stereocenters.